The lowest BCUT2D eigenvalue weighted by Gasteiger charge is -2.28. The van der Waals surface area contributed by atoms with Crippen molar-refractivity contribution in [3.05, 3.63) is 46.4 Å². The van der Waals surface area contributed by atoms with Crippen LogP contribution < -0.4 is 4.74 Å². The maximum Gasteiger partial charge on any atom is 0.253 e. The SMILES string of the molecule is CCN(CC(C)(C)O)C(=O)c1ccc(OCc2cscn2)cc1. The Morgan fingerprint density at radius 3 is 2.57 bits per heavy atom. The normalized spacial score (nSPS) is 11.3. The van der Waals surface area contributed by atoms with Crippen LogP contribution in [0.25, 0.3) is 0 Å². The number of benzene rings is 1. The van der Waals surface area contributed by atoms with E-state index in [1.54, 1.807) is 48.5 Å². The first-order valence-corrected chi connectivity index (χ1v) is 8.45. The summed E-state index contributed by atoms with van der Waals surface area (Å²) < 4.78 is 5.63. The third-order valence-electron chi connectivity index (χ3n) is 3.22. The van der Waals surface area contributed by atoms with Gasteiger partial charge in [-0.15, -0.1) is 11.3 Å². The Hall–Kier alpha value is -1.92. The average Bonchev–Trinajstić information content (AvgIpc) is 3.03. The Balaban J connectivity index is 1.98. The van der Waals surface area contributed by atoms with Crippen molar-refractivity contribution in [1.82, 2.24) is 9.88 Å². The number of carbonyl (C=O) groups excluding carboxylic acids is 1. The fourth-order valence-electron chi connectivity index (χ4n) is 2.14. The lowest BCUT2D eigenvalue weighted by atomic mass is 10.1. The number of aromatic nitrogens is 1. The zero-order chi connectivity index (χ0) is 16.9. The molecule has 1 aromatic carbocycles. The van der Waals surface area contributed by atoms with E-state index in [4.69, 9.17) is 4.74 Å². The standard InChI is InChI=1S/C17H22N2O3S/c1-4-19(11-17(2,3)21)16(20)13-5-7-15(8-6-13)22-9-14-10-23-12-18-14/h5-8,10,12,21H,4,9,11H2,1-3H3. The van der Waals surface area contributed by atoms with Gasteiger partial charge in [0.15, 0.2) is 0 Å². The van der Waals surface area contributed by atoms with E-state index >= 15 is 0 Å². The van der Waals surface area contributed by atoms with Crippen LogP contribution >= 0.6 is 11.3 Å². The highest BCUT2D eigenvalue weighted by atomic mass is 32.1. The molecule has 0 aliphatic heterocycles. The van der Waals surface area contributed by atoms with Crippen LogP contribution in [0.2, 0.25) is 0 Å². The molecule has 5 nitrogen and oxygen atoms in total. The van der Waals surface area contributed by atoms with Gasteiger partial charge in [-0.25, -0.2) is 4.98 Å². The van der Waals surface area contributed by atoms with Crippen LogP contribution in [0.3, 0.4) is 0 Å². The predicted octanol–water partition coefficient (Wildman–Crippen LogP) is 2.96. The first-order chi connectivity index (χ1) is 10.9. The Bertz CT molecular complexity index is 618. The molecule has 0 radical (unpaired) electrons. The number of aliphatic hydroxyl groups is 1. The zero-order valence-electron chi connectivity index (χ0n) is 13.7. The lowest BCUT2D eigenvalue weighted by Crippen LogP contribution is -2.42. The van der Waals surface area contributed by atoms with Crippen LogP contribution in [0.1, 0.15) is 36.8 Å². The molecule has 0 unspecified atom stereocenters. The van der Waals surface area contributed by atoms with Crippen molar-refractivity contribution in [3.63, 3.8) is 0 Å². The molecule has 2 aromatic rings. The molecule has 0 spiro atoms. The number of amides is 1. The molecular weight excluding hydrogens is 312 g/mol. The van der Waals surface area contributed by atoms with Crippen molar-refractivity contribution in [2.24, 2.45) is 0 Å². The van der Waals surface area contributed by atoms with Gasteiger partial charge in [-0.05, 0) is 45.0 Å². The number of likely N-dealkylation sites (N-methyl/N-ethyl adjacent to an activating group) is 1. The second-order valence-corrected chi connectivity index (χ2v) is 6.64. The van der Waals surface area contributed by atoms with Gasteiger partial charge >= 0.3 is 0 Å². The van der Waals surface area contributed by atoms with E-state index in [1.165, 1.54) is 11.3 Å². The summed E-state index contributed by atoms with van der Waals surface area (Å²) in [7, 11) is 0. The molecule has 0 atom stereocenters. The Morgan fingerprint density at radius 2 is 2.04 bits per heavy atom. The molecule has 0 aliphatic rings. The van der Waals surface area contributed by atoms with Crippen LogP contribution in [-0.4, -0.2) is 39.6 Å². The molecule has 0 bridgehead atoms. The predicted molar refractivity (Wildman–Crippen MR) is 90.8 cm³/mol. The minimum atomic E-state index is -0.914. The fourth-order valence-corrected chi connectivity index (χ4v) is 2.68. The van der Waals surface area contributed by atoms with E-state index in [0.29, 0.717) is 31.0 Å². The number of hydrogen-bond donors (Lipinski definition) is 1. The smallest absolute Gasteiger partial charge is 0.253 e. The molecule has 2 rings (SSSR count). The van der Waals surface area contributed by atoms with Crippen LogP contribution in [0, 0.1) is 0 Å². The molecule has 6 heteroatoms. The lowest BCUT2D eigenvalue weighted by molar-refractivity contribution is 0.0314. The Labute approximate surface area is 140 Å². The number of ether oxygens (including phenoxy) is 1. The molecule has 1 amide bonds. The zero-order valence-corrected chi connectivity index (χ0v) is 14.5. The van der Waals surface area contributed by atoms with E-state index in [2.05, 4.69) is 4.98 Å². The van der Waals surface area contributed by atoms with Crippen molar-refractivity contribution in [2.75, 3.05) is 13.1 Å². The summed E-state index contributed by atoms with van der Waals surface area (Å²) in [5, 5.41) is 11.8. The Kier molecular flexibility index (Phi) is 5.74. The second-order valence-electron chi connectivity index (χ2n) is 5.92. The van der Waals surface area contributed by atoms with Crippen molar-refractivity contribution < 1.29 is 14.6 Å². The number of nitrogens with zero attached hydrogens (tertiary/aromatic N) is 2. The van der Waals surface area contributed by atoms with Crippen molar-refractivity contribution in [2.45, 2.75) is 33.0 Å². The Morgan fingerprint density at radius 1 is 1.35 bits per heavy atom. The summed E-state index contributed by atoms with van der Waals surface area (Å²) in [5.74, 6) is 0.598. The average molecular weight is 334 g/mol. The molecule has 0 fully saturated rings. The third kappa shape index (κ3) is 5.33. The van der Waals surface area contributed by atoms with Crippen molar-refractivity contribution in [1.29, 1.82) is 0 Å². The molecular formula is C17H22N2O3S. The molecule has 1 aromatic heterocycles. The third-order valence-corrected chi connectivity index (χ3v) is 3.85. The topological polar surface area (TPSA) is 62.7 Å². The highest BCUT2D eigenvalue weighted by molar-refractivity contribution is 7.07. The molecule has 1 heterocycles. The number of rotatable bonds is 7. The second kappa shape index (κ2) is 7.57. The van der Waals surface area contributed by atoms with Gasteiger partial charge in [-0.1, -0.05) is 0 Å². The van der Waals surface area contributed by atoms with Gasteiger partial charge < -0.3 is 14.7 Å². The highest BCUT2D eigenvalue weighted by Gasteiger charge is 2.22. The number of carbonyl (C=O) groups is 1. The minimum absolute atomic E-state index is 0.0966. The number of hydrogen-bond acceptors (Lipinski definition) is 5. The first kappa shape index (κ1) is 17.4. The molecule has 0 aliphatic carbocycles. The van der Waals surface area contributed by atoms with Crippen LogP contribution in [0.15, 0.2) is 35.2 Å². The van der Waals surface area contributed by atoms with Crippen LogP contribution in [-0.2, 0) is 6.61 Å². The molecule has 1 N–H and O–H groups in total. The maximum absolute atomic E-state index is 12.5. The van der Waals surface area contributed by atoms with E-state index in [1.807, 2.05) is 12.3 Å². The summed E-state index contributed by atoms with van der Waals surface area (Å²) in [6.45, 7) is 6.54. The van der Waals surface area contributed by atoms with E-state index in [0.717, 1.165) is 5.69 Å². The highest BCUT2D eigenvalue weighted by Crippen LogP contribution is 2.16. The van der Waals surface area contributed by atoms with Gasteiger partial charge in [0.2, 0.25) is 0 Å². The summed E-state index contributed by atoms with van der Waals surface area (Å²) in [6.07, 6.45) is 0. The minimum Gasteiger partial charge on any atom is -0.487 e. The summed E-state index contributed by atoms with van der Waals surface area (Å²) >= 11 is 1.53. The van der Waals surface area contributed by atoms with Gasteiger partial charge in [-0.3, -0.25) is 4.79 Å². The van der Waals surface area contributed by atoms with Gasteiger partial charge in [0.05, 0.1) is 16.8 Å². The van der Waals surface area contributed by atoms with E-state index in [9.17, 15) is 9.90 Å². The maximum atomic E-state index is 12.5. The number of thiazole rings is 1. The van der Waals surface area contributed by atoms with Crippen LogP contribution in [0.5, 0.6) is 5.75 Å². The van der Waals surface area contributed by atoms with Gasteiger partial charge in [0.1, 0.15) is 12.4 Å². The first-order valence-electron chi connectivity index (χ1n) is 7.50. The molecule has 124 valence electrons. The van der Waals surface area contributed by atoms with Crippen LogP contribution in [0.4, 0.5) is 0 Å². The van der Waals surface area contributed by atoms with Gasteiger partial charge in [0, 0.05) is 24.0 Å². The van der Waals surface area contributed by atoms with E-state index < -0.39 is 5.60 Å². The van der Waals surface area contributed by atoms with E-state index in [-0.39, 0.29) is 5.91 Å². The molecule has 0 saturated heterocycles. The fraction of sp³-hybridized carbons (Fsp3) is 0.412. The molecule has 23 heavy (non-hydrogen) atoms. The summed E-state index contributed by atoms with van der Waals surface area (Å²) in [6, 6.07) is 7.03. The summed E-state index contributed by atoms with van der Waals surface area (Å²) in [4.78, 5) is 18.3. The van der Waals surface area contributed by atoms with Crippen molar-refractivity contribution in [3.8, 4) is 5.75 Å². The summed E-state index contributed by atoms with van der Waals surface area (Å²) in [5.41, 5.74) is 2.32. The van der Waals surface area contributed by atoms with Gasteiger partial charge in [-0.2, -0.15) is 0 Å². The molecule has 0 saturated carbocycles. The quantitative estimate of drug-likeness (QED) is 0.845. The van der Waals surface area contributed by atoms with Gasteiger partial charge in [0.25, 0.3) is 5.91 Å². The monoisotopic (exact) mass is 334 g/mol. The van der Waals surface area contributed by atoms with Crippen molar-refractivity contribution >= 4 is 17.2 Å². The largest absolute Gasteiger partial charge is 0.487 e.